The highest BCUT2D eigenvalue weighted by Crippen LogP contribution is 2.28. The lowest BCUT2D eigenvalue weighted by Crippen LogP contribution is -2.27. The van der Waals surface area contributed by atoms with Gasteiger partial charge in [-0.2, -0.15) is 10.1 Å². The topological polar surface area (TPSA) is 84.7 Å². The maximum absolute atomic E-state index is 12.8. The van der Waals surface area contributed by atoms with Gasteiger partial charge in [0.1, 0.15) is 9.88 Å². The zero-order valence-corrected chi connectivity index (χ0v) is 17.4. The average Bonchev–Trinajstić information content (AvgIpc) is 3.26. The van der Waals surface area contributed by atoms with Gasteiger partial charge in [-0.3, -0.25) is 10.1 Å². The number of nitrogens with zero attached hydrogens (tertiary/aromatic N) is 4. The van der Waals surface area contributed by atoms with Crippen LogP contribution in [0.2, 0.25) is 0 Å². The first-order valence-corrected chi connectivity index (χ1v) is 9.89. The molecular weight excluding hydrogens is 396 g/mol. The number of piperidine rings is 1. The molecule has 1 aliphatic heterocycles. The number of nitrogens with one attached hydrogen (secondary N) is 2. The molecule has 2 N–H and O–H groups in total. The summed E-state index contributed by atoms with van der Waals surface area (Å²) in [6, 6.07) is 9.88. The maximum atomic E-state index is 12.8. The first kappa shape index (κ1) is 20.4. The Balaban J connectivity index is 0.00000225. The summed E-state index contributed by atoms with van der Waals surface area (Å²) in [7, 11) is 1.81. The Kier molecular flexibility index (Phi) is 6.43. The minimum atomic E-state index is -0.195. The number of hydrogen-bond acceptors (Lipinski definition) is 6. The maximum Gasteiger partial charge on any atom is 0.270 e. The van der Waals surface area contributed by atoms with Crippen molar-refractivity contribution in [3.05, 3.63) is 46.7 Å². The predicted octanol–water partition coefficient (Wildman–Crippen LogP) is 3.39. The van der Waals surface area contributed by atoms with E-state index >= 15 is 0 Å². The second-order valence-corrected chi connectivity index (χ2v) is 7.69. The van der Waals surface area contributed by atoms with Crippen LogP contribution in [-0.2, 0) is 7.05 Å². The molecule has 0 aliphatic carbocycles. The molecular formula is C19H23ClN6OS. The second kappa shape index (κ2) is 8.81. The molecule has 0 spiro atoms. The Bertz CT molecular complexity index is 949. The van der Waals surface area contributed by atoms with Crippen LogP contribution in [0.1, 0.15) is 39.9 Å². The Labute approximate surface area is 174 Å². The van der Waals surface area contributed by atoms with Crippen LogP contribution in [0.3, 0.4) is 0 Å². The van der Waals surface area contributed by atoms with Crippen molar-refractivity contribution in [2.24, 2.45) is 7.05 Å². The van der Waals surface area contributed by atoms with Gasteiger partial charge in [0.05, 0.1) is 5.69 Å². The van der Waals surface area contributed by atoms with Gasteiger partial charge in [0, 0.05) is 18.5 Å². The summed E-state index contributed by atoms with van der Waals surface area (Å²) >= 11 is 1.39. The molecule has 1 fully saturated rings. The van der Waals surface area contributed by atoms with Crippen molar-refractivity contribution in [2.45, 2.75) is 25.7 Å². The van der Waals surface area contributed by atoms with E-state index in [0.717, 1.165) is 48.0 Å². The van der Waals surface area contributed by atoms with Crippen molar-refractivity contribution < 1.29 is 4.79 Å². The summed E-state index contributed by atoms with van der Waals surface area (Å²) in [6.45, 7) is 3.81. The lowest BCUT2D eigenvalue weighted by atomic mass is 9.98. The monoisotopic (exact) mass is 418 g/mol. The van der Waals surface area contributed by atoms with Gasteiger partial charge in [-0.25, -0.2) is 9.67 Å². The van der Waals surface area contributed by atoms with E-state index in [-0.39, 0.29) is 18.3 Å². The van der Waals surface area contributed by atoms with Crippen LogP contribution in [0, 0.1) is 6.92 Å². The van der Waals surface area contributed by atoms with Crippen LogP contribution in [-0.4, -0.2) is 38.7 Å². The van der Waals surface area contributed by atoms with Crippen molar-refractivity contribution in [3.63, 3.8) is 0 Å². The first-order valence-electron chi connectivity index (χ1n) is 9.07. The van der Waals surface area contributed by atoms with Crippen LogP contribution >= 0.6 is 23.7 Å². The Morgan fingerprint density at radius 1 is 1.21 bits per heavy atom. The number of aromatic nitrogens is 4. The number of carbonyl (C=O) groups excluding carboxylic acids is 1. The van der Waals surface area contributed by atoms with E-state index in [1.165, 1.54) is 11.3 Å². The highest BCUT2D eigenvalue weighted by Gasteiger charge is 2.23. The largest absolute Gasteiger partial charge is 0.317 e. The lowest BCUT2D eigenvalue weighted by molar-refractivity contribution is 0.102. The minimum absolute atomic E-state index is 0. The van der Waals surface area contributed by atoms with E-state index in [0.29, 0.717) is 16.7 Å². The molecule has 148 valence electrons. The number of hydrogen-bond donors (Lipinski definition) is 2. The zero-order valence-electron chi connectivity index (χ0n) is 15.8. The number of rotatable bonds is 4. The Morgan fingerprint density at radius 2 is 1.93 bits per heavy atom. The Hall–Kier alpha value is -2.29. The molecule has 3 heterocycles. The predicted molar refractivity (Wildman–Crippen MR) is 113 cm³/mol. The quantitative estimate of drug-likeness (QED) is 0.678. The molecule has 4 rings (SSSR count). The van der Waals surface area contributed by atoms with E-state index in [4.69, 9.17) is 0 Å². The molecule has 1 aromatic carbocycles. The summed E-state index contributed by atoms with van der Waals surface area (Å²) in [6.07, 6.45) is 2.04. The molecule has 0 saturated carbocycles. The van der Waals surface area contributed by atoms with Gasteiger partial charge in [-0.1, -0.05) is 30.3 Å². The number of amides is 1. The summed E-state index contributed by atoms with van der Waals surface area (Å²) in [5.74, 6) is 1.43. The van der Waals surface area contributed by atoms with Gasteiger partial charge in [0.2, 0.25) is 5.95 Å². The van der Waals surface area contributed by atoms with Crippen LogP contribution in [0.4, 0.5) is 5.95 Å². The molecule has 9 heteroatoms. The van der Waals surface area contributed by atoms with Gasteiger partial charge in [0.25, 0.3) is 5.91 Å². The third kappa shape index (κ3) is 4.24. The fraction of sp³-hybridized carbons (Fsp3) is 0.368. The molecule has 1 amide bonds. The summed E-state index contributed by atoms with van der Waals surface area (Å²) in [5, 5.41) is 11.6. The molecule has 0 unspecified atom stereocenters. The van der Waals surface area contributed by atoms with E-state index in [9.17, 15) is 4.79 Å². The van der Waals surface area contributed by atoms with Gasteiger partial charge < -0.3 is 5.32 Å². The fourth-order valence-electron chi connectivity index (χ4n) is 3.24. The molecule has 0 radical (unpaired) electrons. The number of aryl methyl sites for hydroxylation is 2. The van der Waals surface area contributed by atoms with Gasteiger partial charge in [-0.05, 0) is 32.9 Å². The number of carbonyl (C=O) groups is 1. The van der Waals surface area contributed by atoms with E-state index in [1.807, 2.05) is 44.3 Å². The standard InChI is InChI=1S/C19H22N6OS.ClH/c1-12-15(27-18(21-12)14-6-4-3-5-7-14)17(26)23-19-22-16(24-25(19)2)13-8-10-20-11-9-13;/h3-7,13,20H,8-11H2,1-2H3,(H,22,23,24,26);1H. The molecule has 7 nitrogen and oxygen atoms in total. The van der Waals surface area contributed by atoms with Gasteiger partial charge in [-0.15, -0.1) is 23.7 Å². The summed E-state index contributed by atoms with van der Waals surface area (Å²) in [5.41, 5.74) is 1.73. The van der Waals surface area contributed by atoms with Gasteiger partial charge >= 0.3 is 0 Å². The highest BCUT2D eigenvalue weighted by molar-refractivity contribution is 7.17. The van der Waals surface area contributed by atoms with Crippen LogP contribution in [0.5, 0.6) is 0 Å². The molecule has 28 heavy (non-hydrogen) atoms. The number of anilines is 1. The van der Waals surface area contributed by atoms with E-state index < -0.39 is 0 Å². The Morgan fingerprint density at radius 3 is 2.64 bits per heavy atom. The minimum Gasteiger partial charge on any atom is -0.317 e. The van der Waals surface area contributed by atoms with E-state index in [2.05, 4.69) is 25.7 Å². The smallest absolute Gasteiger partial charge is 0.270 e. The molecule has 1 saturated heterocycles. The van der Waals surface area contributed by atoms with E-state index in [1.54, 1.807) is 4.68 Å². The molecule has 2 aromatic heterocycles. The SMILES string of the molecule is Cc1nc(-c2ccccc2)sc1C(=O)Nc1nc(C2CCNCC2)nn1C.Cl. The van der Waals surface area contributed by atoms with Crippen molar-refractivity contribution in [1.82, 2.24) is 25.1 Å². The zero-order chi connectivity index (χ0) is 18.8. The van der Waals surface area contributed by atoms with Crippen molar-refractivity contribution in [3.8, 4) is 10.6 Å². The molecule has 3 aromatic rings. The van der Waals surface area contributed by atoms with Gasteiger partial charge in [0.15, 0.2) is 5.82 Å². The van der Waals surface area contributed by atoms with Crippen LogP contribution in [0.25, 0.3) is 10.6 Å². The number of thiazole rings is 1. The third-order valence-electron chi connectivity index (χ3n) is 4.73. The summed E-state index contributed by atoms with van der Waals surface area (Å²) in [4.78, 5) is 22.5. The molecule has 0 atom stereocenters. The van der Waals surface area contributed by atoms with Crippen molar-refractivity contribution in [2.75, 3.05) is 18.4 Å². The van der Waals surface area contributed by atoms with Crippen molar-refractivity contribution >= 4 is 35.6 Å². The van der Waals surface area contributed by atoms with Crippen LogP contribution in [0.15, 0.2) is 30.3 Å². The molecule has 0 bridgehead atoms. The lowest BCUT2D eigenvalue weighted by Gasteiger charge is -2.19. The highest BCUT2D eigenvalue weighted by atomic mass is 35.5. The fourth-order valence-corrected chi connectivity index (χ4v) is 4.20. The van der Waals surface area contributed by atoms with Crippen molar-refractivity contribution in [1.29, 1.82) is 0 Å². The second-order valence-electron chi connectivity index (χ2n) is 6.70. The third-order valence-corrected chi connectivity index (χ3v) is 5.94. The normalized spacial score (nSPS) is 14.5. The summed E-state index contributed by atoms with van der Waals surface area (Å²) < 4.78 is 1.64. The molecule has 1 aliphatic rings. The first-order chi connectivity index (χ1) is 13.1. The number of benzene rings is 1. The number of halogens is 1. The average molecular weight is 419 g/mol. The van der Waals surface area contributed by atoms with Crippen LogP contribution < -0.4 is 10.6 Å².